The highest BCUT2D eigenvalue weighted by molar-refractivity contribution is 7.09. The third-order valence-corrected chi connectivity index (χ3v) is 6.72. The maximum Gasteiger partial charge on any atom is 0.272 e. The molecule has 2 aromatic heterocycles. The molecule has 1 amide bonds. The van der Waals surface area contributed by atoms with Crippen LogP contribution >= 0.6 is 11.3 Å². The van der Waals surface area contributed by atoms with E-state index in [1.54, 1.807) is 30.6 Å². The van der Waals surface area contributed by atoms with Gasteiger partial charge in [0.15, 0.2) is 0 Å². The Bertz CT molecular complexity index is 835. The largest absolute Gasteiger partial charge is 0.481 e. The highest BCUT2D eigenvalue weighted by atomic mass is 32.1. The summed E-state index contributed by atoms with van der Waals surface area (Å²) in [4.78, 5) is 26.6. The fourth-order valence-electron chi connectivity index (χ4n) is 4.68. The molecule has 2 saturated heterocycles. The van der Waals surface area contributed by atoms with Crippen molar-refractivity contribution in [3.63, 3.8) is 0 Å². The number of amides is 1. The van der Waals surface area contributed by atoms with E-state index in [2.05, 4.69) is 27.2 Å². The Balaban J connectivity index is 1.45. The van der Waals surface area contributed by atoms with Crippen molar-refractivity contribution in [1.29, 1.82) is 0 Å². The van der Waals surface area contributed by atoms with Crippen molar-refractivity contribution in [3.05, 3.63) is 40.0 Å². The molecule has 28 heavy (non-hydrogen) atoms. The van der Waals surface area contributed by atoms with E-state index in [1.165, 1.54) is 25.0 Å². The average molecular weight is 401 g/mol. The van der Waals surface area contributed by atoms with Gasteiger partial charge in [0.2, 0.25) is 5.88 Å². The maximum atomic E-state index is 13.1. The summed E-state index contributed by atoms with van der Waals surface area (Å²) in [5.41, 5.74) is 1.83. The zero-order chi connectivity index (χ0) is 19.6. The van der Waals surface area contributed by atoms with E-state index in [0.717, 1.165) is 44.2 Å². The van der Waals surface area contributed by atoms with E-state index in [1.807, 2.05) is 11.0 Å². The first-order valence-corrected chi connectivity index (χ1v) is 10.9. The van der Waals surface area contributed by atoms with Gasteiger partial charge in [-0.1, -0.05) is 6.07 Å². The molecule has 2 aliphatic heterocycles. The lowest BCUT2D eigenvalue weighted by Gasteiger charge is -2.48. The number of hydrogen-bond donors (Lipinski definition) is 0. The van der Waals surface area contributed by atoms with E-state index in [4.69, 9.17) is 4.74 Å². The number of piperidine rings is 2. The van der Waals surface area contributed by atoms with Crippen LogP contribution in [0, 0.1) is 12.3 Å². The van der Waals surface area contributed by atoms with E-state index in [0.29, 0.717) is 11.6 Å². The first-order chi connectivity index (χ1) is 13.6. The summed E-state index contributed by atoms with van der Waals surface area (Å²) in [5, 5.41) is 3.30. The van der Waals surface area contributed by atoms with Gasteiger partial charge in [0.1, 0.15) is 5.69 Å². The number of carbonyl (C=O) groups excluding carboxylic acids is 1. The zero-order valence-electron chi connectivity index (χ0n) is 16.7. The fraction of sp³-hybridized carbons (Fsp3) is 0.571. The van der Waals surface area contributed by atoms with Crippen LogP contribution in [0.4, 0.5) is 0 Å². The molecule has 0 radical (unpaired) electrons. The minimum Gasteiger partial charge on any atom is -0.481 e. The number of carbonyl (C=O) groups is 1. The van der Waals surface area contributed by atoms with Crippen LogP contribution in [0.15, 0.2) is 23.6 Å². The number of likely N-dealkylation sites (tertiary alicyclic amines) is 2. The highest BCUT2D eigenvalue weighted by Crippen LogP contribution is 2.39. The van der Waals surface area contributed by atoms with Crippen molar-refractivity contribution >= 4 is 17.2 Å². The van der Waals surface area contributed by atoms with Crippen LogP contribution in [0.1, 0.15) is 46.9 Å². The molecule has 150 valence electrons. The second-order valence-electron chi connectivity index (χ2n) is 8.07. The van der Waals surface area contributed by atoms with Gasteiger partial charge in [-0.15, -0.1) is 11.3 Å². The number of pyridine rings is 1. The minimum absolute atomic E-state index is 0.0187. The molecule has 4 rings (SSSR count). The van der Waals surface area contributed by atoms with Crippen molar-refractivity contribution in [3.8, 4) is 5.88 Å². The molecule has 4 heterocycles. The Morgan fingerprint density at radius 3 is 2.79 bits per heavy atom. The molecule has 1 unspecified atom stereocenters. The van der Waals surface area contributed by atoms with Gasteiger partial charge in [0.05, 0.1) is 17.8 Å². The van der Waals surface area contributed by atoms with Crippen molar-refractivity contribution in [2.24, 2.45) is 5.41 Å². The Morgan fingerprint density at radius 2 is 2.04 bits per heavy atom. The first-order valence-electron chi connectivity index (χ1n) is 10.0. The van der Waals surface area contributed by atoms with Gasteiger partial charge < -0.3 is 9.64 Å². The second kappa shape index (κ2) is 8.17. The molecule has 7 heteroatoms. The van der Waals surface area contributed by atoms with E-state index in [-0.39, 0.29) is 11.3 Å². The van der Waals surface area contributed by atoms with Crippen LogP contribution in [0.25, 0.3) is 0 Å². The van der Waals surface area contributed by atoms with Crippen LogP contribution < -0.4 is 4.74 Å². The molecular formula is C21H28N4O2S. The predicted molar refractivity (Wildman–Crippen MR) is 110 cm³/mol. The Morgan fingerprint density at radius 1 is 1.21 bits per heavy atom. The molecule has 1 spiro atoms. The average Bonchev–Trinajstić information content (AvgIpc) is 3.12. The smallest absolute Gasteiger partial charge is 0.272 e. The van der Waals surface area contributed by atoms with Crippen molar-refractivity contribution < 1.29 is 9.53 Å². The third-order valence-electron chi connectivity index (χ3n) is 5.89. The SMILES string of the molecule is COc1cccc(C(=O)N2CCCC3(CCCN(Cc4csc(C)n4)C3)C2)n1. The predicted octanol–water partition coefficient (Wildman–Crippen LogP) is 3.37. The normalized spacial score (nSPS) is 23.1. The van der Waals surface area contributed by atoms with E-state index >= 15 is 0 Å². The van der Waals surface area contributed by atoms with Crippen LogP contribution in [-0.2, 0) is 6.54 Å². The lowest BCUT2D eigenvalue weighted by atomic mass is 9.73. The molecule has 2 aliphatic rings. The van der Waals surface area contributed by atoms with Crippen LogP contribution in [0.3, 0.4) is 0 Å². The summed E-state index contributed by atoms with van der Waals surface area (Å²) in [6.07, 6.45) is 4.62. The lowest BCUT2D eigenvalue weighted by molar-refractivity contribution is 0.0108. The fourth-order valence-corrected chi connectivity index (χ4v) is 5.28. The number of hydrogen-bond acceptors (Lipinski definition) is 6. The number of aryl methyl sites for hydroxylation is 1. The number of nitrogens with zero attached hydrogens (tertiary/aromatic N) is 4. The van der Waals surface area contributed by atoms with Crippen molar-refractivity contribution in [1.82, 2.24) is 19.8 Å². The summed E-state index contributed by atoms with van der Waals surface area (Å²) >= 11 is 1.72. The monoisotopic (exact) mass is 400 g/mol. The van der Waals surface area contributed by atoms with Gasteiger partial charge >= 0.3 is 0 Å². The molecule has 2 aromatic rings. The Kier molecular flexibility index (Phi) is 5.64. The Labute approximate surface area is 170 Å². The summed E-state index contributed by atoms with van der Waals surface area (Å²) in [6.45, 7) is 6.76. The minimum atomic E-state index is 0.0187. The van der Waals surface area contributed by atoms with E-state index in [9.17, 15) is 4.79 Å². The number of methoxy groups -OCH3 is 1. The molecule has 6 nitrogen and oxygen atoms in total. The zero-order valence-corrected chi connectivity index (χ0v) is 17.5. The van der Waals surface area contributed by atoms with Gasteiger partial charge in [0.25, 0.3) is 5.91 Å². The number of thiazole rings is 1. The first kappa shape index (κ1) is 19.3. The summed E-state index contributed by atoms with van der Waals surface area (Å²) < 4.78 is 5.18. The Hall–Kier alpha value is -1.99. The van der Waals surface area contributed by atoms with Crippen LogP contribution in [-0.4, -0.2) is 59.0 Å². The number of aromatic nitrogens is 2. The lowest BCUT2D eigenvalue weighted by Crippen LogP contribution is -2.53. The van der Waals surface area contributed by atoms with Crippen molar-refractivity contribution in [2.75, 3.05) is 33.3 Å². The van der Waals surface area contributed by atoms with Gasteiger partial charge in [-0.2, -0.15) is 0 Å². The van der Waals surface area contributed by atoms with Crippen molar-refractivity contribution in [2.45, 2.75) is 39.2 Å². The topological polar surface area (TPSA) is 58.6 Å². The van der Waals surface area contributed by atoms with Crippen LogP contribution in [0.2, 0.25) is 0 Å². The van der Waals surface area contributed by atoms with Gasteiger partial charge in [-0.3, -0.25) is 9.69 Å². The van der Waals surface area contributed by atoms with Crippen LogP contribution in [0.5, 0.6) is 5.88 Å². The molecule has 1 atom stereocenters. The summed E-state index contributed by atoms with van der Waals surface area (Å²) in [7, 11) is 1.58. The number of rotatable bonds is 4. The molecule has 0 aromatic carbocycles. The highest BCUT2D eigenvalue weighted by Gasteiger charge is 2.40. The summed E-state index contributed by atoms with van der Waals surface area (Å²) in [6, 6.07) is 5.38. The van der Waals surface area contributed by atoms with Gasteiger partial charge in [-0.05, 0) is 45.2 Å². The maximum absolute atomic E-state index is 13.1. The molecule has 0 saturated carbocycles. The second-order valence-corrected chi connectivity index (χ2v) is 9.13. The van der Waals surface area contributed by atoms with Gasteiger partial charge in [-0.25, -0.2) is 9.97 Å². The molecule has 0 bridgehead atoms. The quantitative estimate of drug-likeness (QED) is 0.788. The third kappa shape index (κ3) is 4.20. The molecular weight excluding hydrogens is 372 g/mol. The number of ether oxygens (including phenoxy) is 1. The molecule has 0 aliphatic carbocycles. The van der Waals surface area contributed by atoms with E-state index < -0.39 is 0 Å². The standard InChI is InChI=1S/C21H28N4O2S/c1-16-22-17(13-28-16)12-24-10-4-8-21(14-24)9-5-11-25(15-21)20(26)18-6-3-7-19(23-18)27-2/h3,6-7,13H,4-5,8-12,14-15H2,1-2H3. The molecule has 0 N–H and O–H groups in total. The summed E-state index contributed by atoms with van der Waals surface area (Å²) in [5.74, 6) is 0.505. The van der Waals surface area contributed by atoms with Gasteiger partial charge in [0, 0.05) is 43.0 Å². The molecule has 2 fully saturated rings.